The fourth-order valence-corrected chi connectivity index (χ4v) is 5.97. The van der Waals surface area contributed by atoms with Crippen molar-refractivity contribution < 1.29 is 0 Å². The molecule has 0 heterocycles. The molecule has 0 bridgehead atoms. The summed E-state index contributed by atoms with van der Waals surface area (Å²) < 4.78 is 0.967. The Bertz CT molecular complexity index is 1190. The van der Waals surface area contributed by atoms with Crippen LogP contribution in [0.1, 0.15) is 42.6 Å². The Morgan fingerprint density at radius 3 is 1.33 bits per heavy atom. The van der Waals surface area contributed by atoms with Crippen molar-refractivity contribution in [1.82, 2.24) is 0 Å². The van der Waals surface area contributed by atoms with Gasteiger partial charge in [0.1, 0.15) is 0 Å². The monoisotopic (exact) mass is 370 g/mol. The zero-order valence-electron chi connectivity index (χ0n) is 17.7. The Morgan fingerprint density at radius 2 is 0.867 bits per heavy atom. The molecule has 30 heavy (non-hydrogen) atoms. The van der Waals surface area contributed by atoms with E-state index in [0.717, 1.165) is 12.8 Å². The SMILES string of the molecule is [Li][CH]1c2ccccc2-c2cccc(CCc3cccc4c3[CH]([Li])c3ccccc3-4)c21. The van der Waals surface area contributed by atoms with E-state index >= 15 is 0 Å². The van der Waals surface area contributed by atoms with E-state index in [0.29, 0.717) is 9.18 Å². The summed E-state index contributed by atoms with van der Waals surface area (Å²) in [5.41, 5.74) is 14.8. The van der Waals surface area contributed by atoms with Gasteiger partial charge in [0, 0.05) is 0 Å². The molecule has 0 fully saturated rings. The normalized spacial score (nSPS) is 18.0. The summed E-state index contributed by atoms with van der Waals surface area (Å²) in [4.78, 5) is 0. The second-order valence-corrected chi connectivity index (χ2v) is 8.87. The van der Waals surface area contributed by atoms with Crippen molar-refractivity contribution in [2.45, 2.75) is 22.0 Å². The Kier molecular flexibility index (Phi) is 4.60. The Labute approximate surface area is 197 Å². The molecule has 2 unspecified atom stereocenters. The quantitative estimate of drug-likeness (QED) is 0.391. The summed E-state index contributed by atoms with van der Waals surface area (Å²) in [6, 6.07) is 31.6. The molecule has 4 aromatic carbocycles. The van der Waals surface area contributed by atoms with E-state index in [2.05, 4.69) is 120 Å². The van der Waals surface area contributed by atoms with Crippen LogP contribution in [0.15, 0.2) is 84.9 Å². The third-order valence-electron chi connectivity index (χ3n) is 7.36. The number of aryl methyl sites for hydroxylation is 2. The van der Waals surface area contributed by atoms with Crippen LogP contribution < -0.4 is 0 Å². The van der Waals surface area contributed by atoms with E-state index in [-0.39, 0.29) is 0 Å². The maximum atomic E-state index is 2.37. The van der Waals surface area contributed by atoms with Crippen LogP contribution in [-0.4, -0.2) is 35.4 Å². The molecule has 2 aliphatic carbocycles. The zero-order chi connectivity index (χ0) is 20.2. The van der Waals surface area contributed by atoms with Crippen LogP contribution in [0.5, 0.6) is 0 Å². The Balaban J connectivity index is 1.36. The number of hydrogen-bond donors (Lipinski definition) is 0. The number of hydrogen-bond acceptors (Lipinski definition) is 0. The first-order valence-corrected chi connectivity index (χ1v) is 11.2. The molecule has 0 saturated carbocycles. The number of rotatable bonds is 3. The predicted molar refractivity (Wildman–Crippen MR) is 126 cm³/mol. The second-order valence-electron chi connectivity index (χ2n) is 8.87. The van der Waals surface area contributed by atoms with Gasteiger partial charge in [0.05, 0.1) is 0 Å². The molecule has 134 valence electrons. The van der Waals surface area contributed by atoms with Gasteiger partial charge in [0.2, 0.25) is 0 Å². The minimum absolute atomic E-state index is 0.483. The molecule has 0 N–H and O–H groups in total. The zero-order valence-corrected chi connectivity index (χ0v) is 17.7. The molecule has 0 saturated heterocycles. The summed E-state index contributed by atoms with van der Waals surface area (Å²) in [7, 11) is 0. The summed E-state index contributed by atoms with van der Waals surface area (Å²) in [5.74, 6) is 0. The molecule has 0 radical (unpaired) electrons. The standard InChI is InChI=1S/C28H20.2Li/c1-3-11-23-21(7-1)17-27-19(9-5-13-25(23)27)15-16-20-10-6-14-26-24-12-4-2-8-22(24)18-28(20)26;;/h1-14,17-18H,15-16H2;;. The topological polar surface area (TPSA) is 0 Å². The van der Waals surface area contributed by atoms with E-state index in [1.165, 1.54) is 44.5 Å². The molecule has 0 spiro atoms. The first kappa shape index (κ1) is 18.8. The van der Waals surface area contributed by atoms with Crippen LogP contribution in [-0.2, 0) is 12.8 Å². The maximum absolute atomic E-state index is 2.37. The van der Waals surface area contributed by atoms with Crippen molar-refractivity contribution in [2.24, 2.45) is 0 Å². The Hall–Kier alpha value is -1.93. The molecule has 0 nitrogen and oxygen atoms in total. The van der Waals surface area contributed by atoms with Gasteiger partial charge in [-0.25, -0.2) is 0 Å². The van der Waals surface area contributed by atoms with Crippen LogP contribution in [0, 0.1) is 0 Å². The summed E-state index contributed by atoms with van der Waals surface area (Å²) in [5, 5.41) is 0. The fourth-order valence-electron chi connectivity index (χ4n) is 5.97. The number of fused-ring (bicyclic) bond motifs is 6. The second kappa shape index (κ2) is 7.34. The van der Waals surface area contributed by atoms with Crippen molar-refractivity contribution in [3.63, 3.8) is 0 Å². The van der Waals surface area contributed by atoms with Gasteiger partial charge in [-0.1, -0.05) is 0 Å². The summed E-state index contributed by atoms with van der Waals surface area (Å²) in [6.07, 6.45) is 2.20. The van der Waals surface area contributed by atoms with Crippen LogP contribution in [0.3, 0.4) is 0 Å². The molecular weight excluding hydrogens is 350 g/mol. The average Bonchev–Trinajstić information content (AvgIpc) is 3.26. The van der Waals surface area contributed by atoms with Gasteiger partial charge in [0.15, 0.2) is 0 Å². The van der Waals surface area contributed by atoms with Crippen LogP contribution in [0.4, 0.5) is 0 Å². The molecule has 0 aromatic heterocycles. The van der Waals surface area contributed by atoms with E-state index in [9.17, 15) is 0 Å². The van der Waals surface area contributed by atoms with Crippen molar-refractivity contribution in [3.05, 3.63) is 118 Å². The Morgan fingerprint density at radius 1 is 0.467 bits per heavy atom. The summed E-state index contributed by atoms with van der Waals surface area (Å²) in [6.45, 7) is 0. The van der Waals surface area contributed by atoms with Gasteiger partial charge < -0.3 is 0 Å². The van der Waals surface area contributed by atoms with Gasteiger partial charge >= 0.3 is 198 Å². The van der Waals surface area contributed by atoms with Gasteiger partial charge in [0.25, 0.3) is 0 Å². The van der Waals surface area contributed by atoms with Gasteiger partial charge in [-0.05, 0) is 0 Å². The molecule has 2 atom stereocenters. The first-order valence-electron chi connectivity index (χ1n) is 11.2. The fraction of sp³-hybridized carbons (Fsp3) is 0.143. The molecule has 6 rings (SSSR count). The van der Waals surface area contributed by atoms with Gasteiger partial charge in [-0.2, -0.15) is 0 Å². The summed E-state index contributed by atoms with van der Waals surface area (Å²) >= 11 is 4.74. The molecule has 2 heteroatoms. The van der Waals surface area contributed by atoms with Crippen molar-refractivity contribution in [3.8, 4) is 22.3 Å². The van der Waals surface area contributed by atoms with E-state index < -0.39 is 0 Å². The van der Waals surface area contributed by atoms with Gasteiger partial charge in [-0.3, -0.25) is 0 Å². The first-order chi connectivity index (χ1) is 14.7. The van der Waals surface area contributed by atoms with Crippen LogP contribution >= 0.6 is 0 Å². The predicted octanol–water partition coefficient (Wildman–Crippen LogP) is 5.95. The van der Waals surface area contributed by atoms with Crippen LogP contribution in [0.2, 0.25) is 0 Å². The van der Waals surface area contributed by atoms with Gasteiger partial charge in [-0.15, -0.1) is 0 Å². The number of benzene rings is 4. The van der Waals surface area contributed by atoms with E-state index in [4.69, 9.17) is 0 Å². The molecule has 0 amide bonds. The van der Waals surface area contributed by atoms with E-state index in [1.807, 2.05) is 0 Å². The molecule has 2 aliphatic rings. The molecule has 4 aromatic rings. The molecular formula is C28H20Li2. The van der Waals surface area contributed by atoms with Crippen LogP contribution in [0.25, 0.3) is 22.3 Å². The van der Waals surface area contributed by atoms with Crippen molar-refractivity contribution in [2.75, 3.05) is 0 Å². The van der Waals surface area contributed by atoms with Crippen molar-refractivity contribution >= 4 is 35.4 Å². The van der Waals surface area contributed by atoms with E-state index in [1.54, 1.807) is 11.1 Å². The molecule has 0 aliphatic heterocycles. The third-order valence-corrected chi connectivity index (χ3v) is 7.36. The van der Waals surface area contributed by atoms with Crippen molar-refractivity contribution in [1.29, 1.82) is 0 Å². The minimum atomic E-state index is 0.483. The third kappa shape index (κ3) is 2.76. The average molecular weight is 370 g/mol.